The lowest BCUT2D eigenvalue weighted by Crippen LogP contribution is -2.40. The number of carbonyl (C=O) groups is 3. The van der Waals surface area contributed by atoms with E-state index >= 15 is 0 Å². The van der Waals surface area contributed by atoms with E-state index < -0.39 is 0 Å². The number of pyridine rings is 1. The summed E-state index contributed by atoms with van der Waals surface area (Å²) in [4.78, 5) is 47.2. The summed E-state index contributed by atoms with van der Waals surface area (Å²) >= 11 is 0. The molecule has 8 heteroatoms. The number of likely N-dealkylation sites (tertiary alicyclic amines) is 2. The Bertz CT molecular complexity index is 1340. The fraction of sp³-hybridized carbons (Fsp3) is 0.394. The second-order valence-electron chi connectivity index (χ2n) is 11.1. The molecule has 1 aromatic heterocycles. The summed E-state index contributed by atoms with van der Waals surface area (Å²) in [6.45, 7) is 3.74. The SMILES string of the molecule is COc1ccc(CN2CCC(CC(=O)c3ccc(C(=O)N4CCC(C(=O)c5ccc(F)cc5)CC4)cn3)CC2)cc1. The zero-order chi connectivity index (χ0) is 28.8. The van der Waals surface area contributed by atoms with Gasteiger partial charge in [-0.05, 0) is 98.8 Å². The van der Waals surface area contributed by atoms with Gasteiger partial charge in [-0.25, -0.2) is 4.39 Å². The smallest absolute Gasteiger partial charge is 0.255 e. The number of methoxy groups -OCH3 is 1. The van der Waals surface area contributed by atoms with Gasteiger partial charge in [-0.1, -0.05) is 12.1 Å². The number of hydrogen-bond acceptors (Lipinski definition) is 6. The standard InChI is InChI=1S/C33H36FN3O4/c1-41-29-9-2-24(3-10-29)22-36-16-12-23(13-17-36)20-31(38)30-11-6-27(21-35-30)33(40)37-18-14-26(15-19-37)32(39)25-4-7-28(34)8-5-25/h2-11,21,23,26H,12-20,22H2,1H3. The molecular formula is C33H36FN3O4. The van der Waals surface area contributed by atoms with E-state index in [1.54, 1.807) is 24.1 Å². The zero-order valence-corrected chi connectivity index (χ0v) is 23.4. The molecule has 2 aromatic carbocycles. The number of nitrogens with zero attached hydrogens (tertiary/aromatic N) is 3. The molecule has 0 atom stereocenters. The predicted molar refractivity (Wildman–Crippen MR) is 154 cm³/mol. The van der Waals surface area contributed by atoms with Crippen LogP contribution in [0.1, 0.15) is 68.9 Å². The first kappa shape index (κ1) is 28.6. The third kappa shape index (κ3) is 7.24. The van der Waals surface area contributed by atoms with Gasteiger partial charge in [-0.3, -0.25) is 24.3 Å². The summed E-state index contributed by atoms with van der Waals surface area (Å²) < 4.78 is 18.4. The van der Waals surface area contributed by atoms with Crippen LogP contribution in [0.2, 0.25) is 0 Å². The number of hydrogen-bond donors (Lipinski definition) is 0. The molecule has 0 saturated carbocycles. The van der Waals surface area contributed by atoms with Crippen molar-refractivity contribution >= 4 is 17.5 Å². The Hall–Kier alpha value is -3.91. The summed E-state index contributed by atoms with van der Waals surface area (Å²) in [5, 5.41) is 0. The molecule has 0 bridgehead atoms. The fourth-order valence-electron chi connectivity index (χ4n) is 5.77. The van der Waals surface area contributed by atoms with Gasteiger partial charge >= 0.3 is 0 Å². The first-order chi connectivity index (χ1) is 19.9. The molecule has 7 nitrogen and oxygen atoms in total. The van der Waals surface area contributed by atoms with Gasteiger partial charge in [0.2, 0.25) is 0 Å². The van der Waals surface area contributed by atoms with Gasteiger partial charge in [0.1, 0.15) is 17.3 Å². The van der Waals surface area contributed by atoms with Crippen molar-refractivity contribution in [1.29, 1.82) is 0 Å². The van der Waals surface area contributed by atoms with Crippen molar-refractivity contribution in [2.24, 2.45) is 11.8 Å². The van der Waals surface area contributed by atoms with Gasteiger partial charge in [0, 0.05) is 43.7 Å². The highest BCUT2D eigenvalue weighted by atomic mass is 19.1. The van der Waals surface area contributed by atoms with Crippen molar-refractivity contribution in [3.8, 4) is 5.75 Å². The average molecular weight is 558 g/mol. The van der Waals surface area contributed by atoms with Crippen LogP contribution in [0.25, 0.3) is 0 Å². The monoisotopic (exact) mass is 557 g/mol. The average Bonchev–Trinajstić information content (AvgIpc) is 3.02. The molecule has 2 fully saturated rings. The second kappa shape index (κ2) is 13.2. The molecule has 2 saturated heterocycles. The molecule has 41 heavy (non-hydrogen) atoms. The van der Waals surface area contributed by atoms with Crippen LogP contribution in [0.3, 0.4) is 0 Å². The summed E-state index contributed by atoms with van der Waals surface area (Å²) in [6.07, 6.45) is 5.01. The lowest BCUT2D eigenvalue weighted by Gasteiger charge is -2.31. The van der Waals surface area contributed by atoms with Gasteiger partial charge < -0.3 is 9.64 Å². The van der Waals surface area contributed by atoms with Gasteiger partial charge in [0.05, 0.1) is 12.7 Å². The van der Waals surface area contributed by atoms with E-state index in [2.05, 4.69) is 22.0 Å². The molecule has 3 aromatic rings. The molecule has 5 rings (SSSR count). The number of aromatic nitrogens is 1. The van der Waals surface area contributed by atoms with Crippen LogP contribution in [-0.4, -0.2) is 65.5 Å². The van der Waals surface area contributed by atoms with Crippen molar-refractivity contribution in [1.82, 2.24) is 14.8 Å². The van der Waals surface area contributed by atoms with Crippen LogP contribution >= 0.6 is 0 Å². The van der Waals surface area contributed by atoms with E-state index in [0.29, 0.717) is 55.1 Å². The van der Waals surface area contributed by atoms with Crippen LogP contribution in [0.5, 0.6) is 5.75 Å². The summed E-state index contributed by atoms with van der Waals surface area (Å²) in [6, 6.07) is 17.1. The molecule has 2 aliphatic rings. The topological polar surface area (TPSA) is 79.8 Å². The van der Waals surface area contributed by atoms with Crippen LogP contribution in [-0.2, 0) is 6.54 Å². The molecular weight excluding hydrogens is 521 g/mol. The van der Waals surface area contributed by atoms with E-state index in [4.69, 9.17) is 4.74 Å². The number of ketones is 2. The Labute approximate surface area is 240 Å². The molecule has 3 heterocycles. The molecule has 0 spiro atoms. The van der Waals surface area contributed by atoms with Gasteiger partial charge in [0.15, 0.2) is 11.6 Å². The maximum absolute atomic E-state index is 13.2. The molecule has 0 aliphatic carbocycles. The van der Waals surface area contributed by atoms with Gasteiger partial charge in [-0.15, -0.1) is 0 Å². The third-order valence-electron chi connectivity index (χ3n) is 8.32. The first-order valence-corrected chi connectivity index (χ1v) is 14.3. The van der Waals surface area contributed by atoms with E-state index in [-0.39, 0.29) is 29.2 Å². The van der Waals surface area contributed by atoms with Crippen LogP contribution in [0.15, 0.2) is 66.9 Å². The van der Waals surface area contributed by atoms with Crippen LogP contribution in [0, 0.1) is 17.7 Å². The third-order valence-corrected chi connectivity index (χ3v) is 8.32. The highest BCUT2D eigenvalue weighted by Crippen LogP contribution is 2.25. The first-order valence-electron chi connectivity index (χ1n) is 14.3. The minimum atomic E-state index is -0.370. The molecule has 2 aliphatic heterocycles. The minimum Gasteiger partial charge on any atom is -0.497 e. The number of piperidine rings is 2. The molecule has 0 N–H and O–H groups in total. The highest BCUT2D eigenvalue weighted by Gasteiger charge is 2.29. The maximum Gasteiger partial charge on any atom is 0.255 e. The van der Waals surface area contributed by atoms with E-state index in [1.807, 2.05) is 12.1 Å². The zero-order valence-electron chi connectivity index (χ0n) is 23.4. The number of Topliss-reactive ketones (excluding diaryl/α,β-unsaturated/α-hetero) is 2. The van der Waals surface area contributed by atoms with Gasteiger partial charge in [-0.2, -0.15) is 0 Å². The number of amides is 1. The molecule has 0 unspecified atom stereocenters. The van der Waals surface area contributed by atoms with Crippen molar-refractivity contribution < 1.29 is 23.5 Å². The number of halogens is 1. The summed E-state index contributed by atoms with van der Waals surface area (Å²) in [5.74, 6) is 0.490. The van der Waals surface area contributed by atoms with Gasteiger partial charge in [0.25, 0.3) is 5.91 Å². The number of rotatable bonds is 9. The van der Waals surface area contributed by atoms with Crippen molar-refractivity contribution in [3.05, 3.63) is 95.1 Å². The van der Waals surface area contributed by atoms with E-state index in [0.717, 1.165) is 38.2 Å². The van der Waals surface area contributed by atoms with Crippen molar-refractivity contribution in [2.45, 2.75) is 38.6 Å². The van der Waals surface area contributed by atoms with E-state index in [9.17, 15) is 18.8 Å². The molecule has 1 amide bonds. The van der Waals surface area contributed by atoms with Crippen molar-refractivity contribution in [3.63, 3.8) is 0 Å². The Balaban J connectivity index is 1.06. The van der Waals surface area contributed by atoms with Crippen LogP contribution < -0.4 is 4.74 Å². The maximum atomic E-state index is 13.2. The lowest BCUT2D eigenvalue weighted by molar-refractivity contribution is 0.0649. The summed E-state index contributed by atoms with van der Waals surface area (Å²) in [7, 11) is 1.67. The quantitative estimate of drug-likeness (QED) is 0.326. The van der Waals surface area contributed by atoms with Crippen LogP contribution in [0.4, 0.5) is 4.39 Å². The normalized spacial score (nSPS) is 16.9. The second-order valence-corrected chi connectivity index (χ2v) is 11.1. The molecule has 214 valence electrons. The fourth-order valence-corrected chi connectivity index (χ4v) is 5.77. The number of benzene rings is 2. The number of carbonyl (C=O) groups excluding carboxylic acids is 3. The Morgan fingerprint density at radius 3 is 2.12 bits per heavy atom. The predicted octanol–water partition coefficient (Wildman–Crippen LogP) is 5.45. The molecule has 0 radical (unpaired) electrons. The Kier molecular flexibility index (Phi) is 9.19. The lowest BCUT2D eigenvalue weighted by atomic mass is 9.88. The Morgan fingerprint density at radius 2 is 1.51 bits per heavy atom. The highest BCUT2D eigenvalue weighted by molar-refractivity contribution is 5.99. The van der Waals surface area contributed by atoms with E-state index in [1.165, 1.54) is 36.0 Å². The number of ether oxygens (including phenoxy) is 1. The summed E-state index contributed by atoms with van der Waals surface area (Å²) in [5.41, 5.74) is 2.59. The largest absolute Gasteiger partial charge is 0.497 e. The minimum absolute atomic E-state index is 0.00968. The Morgan fingerprint density at radius 1 is 0.854 bits per heavy atom. The van der Waals surface area contributed by atoms with Crippen molar-refractivity contribution in [2.75, 3.05) is 33.3 Å².